The second kappa shape index (κ2) is 7.45. The Labute approximate surface area is 114 Å². The lowest BCUT2D eigenvalue weighted by Gasteiger charge is -2.10. The van der Waals surface area contributed by atoms with Crippen molar-refractivity contribution in [1.82, 2.24) is 5.32 Å². The Morgan fingerprint density at radius 2 is 1.95 bits per heavy atom. The summed E-state index contributed by atoms with van der Waals surface area (Å²) in [5.41, 5.74) is 5.36. The van der Waals surface area contributed by atoms with Crippen molar-refractivity contribution in [3.63, 3.8) is 0 Å². The van der Waals surface area contributed by atoms with E-state index in [0.717, 1.165) is 18.4 Å². The molecular formula is C16H19NO2. The first-order chi connectivity index (χ1) is 9.34. The Morgan fingerprint density at radius 1 is 1.21 bits per heavy atom. The zero-order valence-corrected chi connectivity index (χ0v) is 11.0. The van der Waals surface area contributed by atoms with Gasteiger partial charge in [-0.3, -0.25) is 0 Å². The molecule has 0 atom stereocenters. The van der Waals surface area contributed by atoms with E-state index < -0.39 is 6.09 Å². The van der Waals surface area contributed by atoms with Gasteiger partial charge in [0.2, 0.25) is 0 Å². The quantitative estimate of drug-likeness (QED) is 0.658. The summed E-state index contributed by atoms with van der Waals surface area (Å²) in [4.78, 5) is 11.4. The fraction of sp³-hybridized carbons (Fsp3) is 0.375. The van der Waals surface area contributed by atoms with E-state index >= 15 is 0 Å². The number of amides is 1. The van der Waals surface area contributed by atoms with Crippen LogP contribution in [0.1, 0.15) is 37.7 Å². The van der Waals surface area contributed by atoms with Crippen LogP contribution in [0.5, 0.6) is 0 Å². The maximum Gasteiger partial charge on any atom is 0.412 e. The molecule has 1 aliphatic rings. The van der Waals surface area contributed by atoms with Crippen LogP contribution in [0, 0.1) is 0 Å². The van der Waals surface area contributed by atoms with Gasteiger partial charge in [-0.25, -0.2) is 4.79 Å². The molecule has 1 aromatic rings. The van der Waals surface area contributed by atoms with Crippen LogP contribution in [0.4, 0.5) is 4.79 Å². The summed E-state index contributed by atoms with van der Waals surface area (Å²) in [6, 6.07) is 9.74. The van der Waals surface area contributed by atoms with Crippen molar-refractivity contribution in [2.45, 2.75) is 38.6 Å². The number of hydrogen-bond acceptors (Lipinski definition) is 2. The molecule has 0 aliphatic heterocycles. The largest absolute Gasteiger partial charge is 0.412 e. The SMILES string of the molecule is O=C(NCc1ccccc1)OC=C=C1CCCCC1. The van der Waals surface area contributed by atoms with Gasteiger partial charge in [-0.2, -0.15) is 0 Å². The van der Waals surface area contributed by atoms with Crippen molar-refractivity contribution in [2.24, 2.45) is 0 Å². The van der Waals surface area contributed by atoms with Gasteiger partial charge in [-0.1, -0.05) is 42.5 Å². The molecule has 0 radical (unpaired) electrons. The van der Waals surface area contributed by atoms with E-state index in [9.17, 15) is 4.79 Å². The summed E-state index contributed by atoms with van der Waals surface area (Å²) in [6.07, 6.45) is 6.82. The molecule has 1 N–H and O–H groups in total. The van der Waals surface area contributed by atoms with Crippen LogP contribution in [-0.4, -0.2) is 6.09 Å². The van der Waals surface area contributed by atoms with E-state index in [2.05, 4.69) is 11.0 Å². The van der Waals surface area contributed by atoms with Gasteiger partial charge in [-0.05, 0) is 36.8 Å². The van der Waals surface area contributed by atoms with Crippen molar-refractivity contribution in [2.75, 3.05) is 0 Å². The molecule has 19 heavy (non-hydrogen) atoms. The third-order valence-corrected chi connectivity index (χ3v) is 3.17. The topological polar surface area (TPSA) is 38.3 Å². The summed E-state index contributed by atoms with van der Waals surface area (Å²) in [7, 11) is 0. The molecular weight excluding hydrogens is 238 g/mol. The highest BCUT2D eigenvalue weighted by Gasteiger charge is 2.04. The number of alkyl carbamates (subject to hydrolysis) is 1. The van der Waals surface area contributed by atoms with E-state index in [0.29, 0.717) is 6.54 Å². The number of carbonyl (C=O) groups excluding carboxylic acids is 1. The molecule has 0 bridgehead atoms. The minimum Gasteiger partial charge on any atom is -0.410 e. The van der Waals surface area contributed by atoms with Gasteiger partial charge in [0.15, 0.2) is 0 Å². The number of allylic oxidation sites excluding steroid dienone is 1. The predicted molar refractivity (Wildman–Crippen MR) is 74.4 cm³/mol. The van der Waals surface area contributed by atoms with E-state index in [1.54, 1.807) is 0 Å². The van der Waals surface area contributed by atoms with E-state index in [-0.39, 0.29) is 0 Å². The van der Waals surface area contributed by atoms with E-state index in [1.807, 2.05) is 30.3 Å². The van der Waals surface area contributed by atoms with Crippen LogP contribution in [0.25, 0.3) is 0 Å². The Morgan fingerprint density at radius 3 is 2.68 bits per heavy atom. The molecule has 0 aromatic heterocycles. The molecule has 2 rings (SSSR count). The first kappa shape index (κ1) is 13.4. The maximum atomic E-state index is 11.4. The van der Waals surface area contributed by atoms with Gasteiger partial charge in [0.1, 0.15) is 6.26 Å². The lowest BCUT2D eigenvalue weighted by molar-refractivity contribution is 0.185. The minimum absolute atomic E-state index is 0.437. The third-order valence-electron chi connectivity index (χ3n) is 3.17. The lowest BCUT2D eigenvalue weighted by Crippen LogP contribution is -2.21. The summed E-state index contributed by atoms with van der Waals surface area (Å²) in [5.74, 6) is 0. The summed E-state index contributed by atoms with van der Waals surface area (Å²) in [5, 5.41) is 2.70. The minimum atomic E-state index is -0.437. The average Bonchev–Trinajstić information content (AvgIpc) is 2.47. The van der Waals surface area contributed by atoms with Crippen LogP contribution >= 0.6 is 0 Å². The number of rotatable bonds is 3. The molecule has 0 spiro atoms. The van der Waals surface area contributed by atoms with Crippen LogP contribution in [0.3, 0.4) is 0 Å². The van der Waals surface area contributed by atoms with Crippen molar-refractivity contribution >= 4 is 6.09 Å². The third kappa shape index (κ3) is 5.02. The highest BCUT2D eigenvalue weighted by atomic mass is 16.5. The fourth-order valence-corrected chi connectivity index (χ4v) is 2.10. The number of benzene rings is 1. The zero-order valence-electron chi connectivity index (χ0n) is 11.0. The maximum absolute atomic E-state index is 11.4. The van der Waals surface area contributed by atoms with Crippen LogP contribution in [0.2, 0.25) is 0 Å². The summed E-state index contributed by atoms with van der Waals surface area (Å²) >= 11 is 0. The molecule has 0 unspecified atom stereocenters. The molecule has 1 aliphatic carbocycles. The zero-order chi connectivity index (χ0) is 13.3. The average molecular weight is 257 g/mol. The number of ether oxygens (including phenoxy) is 1. The molecule has 1 aromatic carbocycles. The van der Waals surface area contributed by atoms with Gasteiger partial charge in [-0.15, -0.1) is 0 Å². The van der Waals surface area contributed by atoms with E-state index in [1.165, 1.54) is 31.1 Å². The van der Waals surface area contributed by atoms with Crippen molar-refractivity contribution < 1.29 is 9.53 Å². The van der Waals surface area contributed by atoms with Crippen molar-refractivity contribution in [3.8, 4) is 0 Å². The van der Waals surface area contributed by atoms with Gasteiger partial charge >= 0.3 is 6.09 Å². The van der Waals surface area contributed by atoms with Gasteiger partial charge in [0.25, 0.3) is 0 Å². The van der Waals surface area contributed by atoms with Gasteiger partial charge < -0.3 is 10.1 Å². The number of hydrogen-bond donors (Lipinski definition) is 1. The van der Waals surface area contributed by atoms with Crippen molar-refractivity contribution in [3.05, 3.63) is 53.5 Å². The molecule has 3 nitrogen and oxygen atoms in total. The second-order valence-corrected chi connectivity index (χ2v) is 4.67. The van der Waals surface area contributed by atoms with Crippen LogP contribution < -0.4 is 5.32 Å². The van der Waals surface area contributed by atoms with Crippen LogP contribution in [-0.2, 0) is 11.3 Å². The Bertz CT molecular complexity index is 465. The monoisotopic (exact) mass is 257 g/mol. The highest BCUT2D eigenvalue weighted by Crippen LogP contribution is 2.21. The Kier molecular flexibility index (Phi) is 5.27. The normalized spacial score (nSPS) is 14.4. The van der Waals surface area contributed by atoms with Crippen LogP contribution in [0.15, 0.2) is 47.9 Å². The van der Waals surface area contributed by atoms with Gasteiger partial charge in [0, 0.05) is 6.54 Å². The Balaban J connectivity index is 1.74. The first-order valence-electron chi connectivity index (χ1n) is 6.76. The molecule has 3 heteroatoms. The van der Waals surface area contributed by atoms with Gasteiger partial charge in [0.05, 0.1) is 0 Å². The molecule has 1 saturated carbocycles. The highest BCUT2D eigenvalue weighted by molar-refractivity contribution is 5.67. The Hall–Kier alpha value is -1.99. The molecule has 1 amide bonds. The standard InChI is InChI=1S/C16H19NO2/c18-16(17-13-15-9-5-2-6-10-15)19-12-11-14-7-3-1-4-8-14/h2,5-6,9-10,12H,1,3-4,7-8,13H2,(H,17,18). The molecule has 100 valence electrons. The predicted octanol–water partition coefficient (Wildman–Crippen LogP) is 3.92. The van der Waals surface area contributed by atoms with Crippen molar-refractivity contribution in [1.29, 1.82) is 0 Å². The number of carbonyl (C=O) groups is 1. The second-order valence-electron chi connectivity index (χ2n) is 4.67. The summed E-state index contributed by atoms with van der Waals surface area (Å²) < 4.78 is 4.96. The molecule has 0 saturated heterocycles. The summed E-state index contributed by atoms with van der Waals surface area (Å²) in [6.45, 7) is 0.476. The molecule has 0 heterocycles. The lowest BCUT2D eigenvalue weighted by atomic mass is 9.96. The molecule has 1 fully saturated rings. The van der Waals surface area contributed by atoms with E-state index in [4.69, 9.17) is 4.74 Å². The smallest absolute Gasteiger partial charge is 0.410 e. The first-order valence-corrected chi connectivity index (χ1v) is 6.76. The fourth-order valence-electron chi connectivity index (χ4n) is 2.10. The number of nitrogens with one attached hydrogen (secondary N) is 1.